The van der Waals surface area contributed by atoms with Gasteiger partial charge in [-0.3, -0.25) is 4.79 Å². The number of rotatable bonds is 5. The molecular weight excluding hydrogens is 507 g/mol. The summed E-state index contributed by atoms with van der Waals surface area (Å²) in [6.45, 7) is 3.93. The molecule has 5 rings (SSSR count). The van der Waals surface area contributed by atoms with Crippen LogP contribution in [0.3, 0.4) is 0 Å². The highest BCUT2D eigenvalue weighted by atomic mass is 35.5. The lowest BCUT2D eigenvalue weighted by Crippen LogP contribution is -2.42. The standard InChI is InChI=1S/C27H25Cl3N2O3/c1-26(2)13-22(31-23(33)14-27(34)9-10-27)20-12-19(15-3-5-16(28)6-4-15)24(32-25(20)35-26)18-8-7-17(29)11-21(18)30/h3-8,11-12,22,34H,9-10,13-14H2,1-2H3,(H,31,33). The summed E-state index contributed by atoms with van der Waals surface area (Å²) in [6.07, 6.45) is 1.97. The molecule has 1 atom stereocenters. The maximum atomic E-state index is 12.8. The Morgan fingerprint density at radius 2 is 1.74 bits per heavy atom. The second-order valence-corrected chi connectivity index (χ2v) is 11.3. The van der Waals surface area contributed by atoms with Crippen LogP contribution in [0.2, 0.25) is 15.1 Å². The van der Waals surface area contributed by atoms with E-state index in [0.29, 0.717) is 51.5 Å². The van der Waals surface area contributed by atoms with Gasteiger partial charge in [0.2, 0.25) is 11.8 Å². The van der Waals surface area contributed by atoms with Crippen LogP contribution in [-0.2, 0) is 4.79 Å². The van der Waals surface area contributed by atoms with Crippen LogP contribution in [0.15, 0.2) is 48.5 Å². The van der Waals surface area contributed by atoms with Gasteiger partial charge in [-0.05, 0) is 68.7 Å². The first-order valence-electron chi connectivity index (χ1n) is 11.5. The van der Waals surface area contributed by atoms with Gasteiger partial charge in [-0.1, -0.05) is 46.9 Å². The minimum absolute atomic E-state index is 0.0933. The van der Waals surface area contributed by atoms with Crippen LogP contribution in [0.4, 0.5) is 0 Å². The second-order valence-electron chi connectivity index (χ2n) is 10.00. The quantitative estimate of drug-likeness (QED) is 0.371. The number of pyridine rings is 1. The second kappa shape index (κ2) is 8.97. The van der Waals surface area contributed by atoms with E-state index in [4.69, 9.17) is 44.5 Å². The molecule has 1 amide bonds. The number of aromatic nitrogens is 1. The summed E-state index contributed by atoms with van der Waals surface area (Å²) in [5.41, 5.74) is 2.43. The number of nitrogens with one attached hydrogen (secondary N) is 1. The molecule has 1 fully saturated rings. The van der Waals surface area contributed by atoms with Gasteiger partial charge in [0, 0.05) is 33.2 Å². The summed E-state index contributed by atoms with van der Waals surface area (Å²) in [6, 6.07) is 14.4. The van der Waals surface area contributed by atoms with Gasteiger partial charge < -0.3 is 15.2 Å². The molecule has 5 nitrogen and oxygen atoms in total. The van der Waals surface area contributed by atoms with Crippen LogP contribution in [0.1, 0.15) is 51.1 Å². The number of hydrogen-bond acceptors (Lipinski definition) is 4. The zero-order valence-electron chi connectivity index (χ0n) is 19.4. The third-order valence-electron chi connectivity index (χ3n) is 6.45. The fraction of sp³-hybridized carbons (Fsp3) is 0.333. The van der Waals surface area contributed by atoms with E-state index in [1.165, 1.54) is 0 Å². The average molecular weight is 532 g/mol. The summed E-state index contributed by atoms with van der Waals surface area (Å²) >= 11 is 18.9. The molecule has 0 saturated heterocycles. The summed E-state index contributed by atoms with van der Waals surface area (Å²) in [5.74, 6) is 0.256. The van der Waals surface area contributed by atoms with Crippen LogP contribution in [0.25, 0.3) is 22.4 Å². The van der Waals surface area contributed by atoms with Crippen molar-refractivity contribution in [3.05, 3.63) is 69.2 Å². The number of halogens is 3. The number of fused-ring (bicyclic) bond motifs is 1. The molecule has 0 spiro atoms. The summed E-state index contributed by atoms with van der Waals surface area (Å²) in [5, 5.41) is 15.0. The van der Waals surface area contributed by atoms with Crippen molar-refractivity contribution in [2.45, 2.75) is 56.8 Å². The van der Waals surface area contributed by atoms with Crippen LogP contribution in [0, 0.1) is 0 Å². The minimum Gasteiger partial charge on any atom is -0.471 e. The van der Waals surface area contributed by atoms with Crippen molar-refractivity contribution in [2.24, 2.45) is 0 Å². The first kappa shape index (κ1) is 24.4. The summed E-state index contributed by atoms with van der Waals surface area (Å²) < 4.78 is 6.28. The van der Waals surface area contributed by atoms with Crippen molar-refractivity contribution in [1.82, 2.24) is 10.3 Å². The molecule has 182 valence electrons. The van der Waals surface area contributed by atoms with E-state index in [2.05, 4.69) is 5.32 Å². The summed E-state index contributed by atoms with van der Waals surface area (Å²) in [4.78, 5) is 17.7. The lowest BCUT2D eigenvalue weighted by molar-refractivity contribution is -0.124. The van der Waals surface area contributed by atoms with E-state index in [9.17, 15) is 9.90 Å². The van der Waals surface area contributed by atoms with Gasteiger partial charge in [0.25, 0.3) is 0 Å². The average Bonchev–Trinajstić information content (AvgIpc) is 3.49. The Hall–Kier alpha value is -2.31. The number of amides is 1. The monoisotopic (exact) mass is 530 g/mol. The van der Waals surface area contributed by atoms with Crippen molar-refractivity contribution >= 4 is 40.7 Å². The Bertz CT molecular complexity index is 1300. The minimum atomic E-state index is -0.866. The predicted octanol–water partition coefficient (Wildman–Crippen LogP) is 7.01. The Morgan fingerprint density at radius 1 is 1.06 bits per heavy atom. The lowest BCUT2D eigenvalue weighted by atomic mass is 9.88. The lowest BCUT2D eigenvalue weighted by Gasteiger charge is -2.37. The van der Waals surface area contributed by atoms with Crippen molar-refractivity contribution < 1.29 is 14.6 Å². The van der Waals surface area contributed by atoms with Crippen LogP contribution in [0.5, 0.6) is 5.88 Å². The molecule has 8 heteroatoms. The molecule has 0 bridgehead atoms. The zero-order chi connectivity index (χ0) is 25.0. The molecule has 2 heterocycles. The number of carbonyl (C=O) groups excluding carboxylic acids is 1. The Morgan fingerprint density at radius 3 is 2.40 bits per heavy atom. The molecule has 1 aromatic heterocycles. The third-order valence-corrected chi connectivity index (χ3v) is 7.25. The van der Waals surface area contributed by atoms with Crippen molar-refractivity contribution in [3.63, 3.8) is 0 Å². The first-order chi connectivity index (χ1) is 16.5. The van der Waals surface area contributed by atoms with E-state index in [0.717, 1.165) is 16.7 Å². The highest BCUT2D eigenvalue weighted by molar-refractivity contribution is 6.36. The van der Waals surface area contributed by atoms with Gasteiger partial charge in [0.1, 0.15) is 5.60 Å². The maximum Gasteiger partial charge on any atom is 0.223 e. The van der Waals surface area contributed by atoms with Gasteiger partial charge in [0.05, 0.1) is 28.8 Å². The molecule has 35 heavy (non-hydrogen) atoms. The van der Waals surface area contributed by atoms with E-state index in [1.54, 1.807) is 12.1 Å². The summed E-state index contributed by atoms with van der Waals surface area (Å²) in [7, 11) is 0. The molecule has 1 saturated carbocycles. The molecule has 3 aromatic rings. The fourth-order valence-electron chi connectivity index (χ4n) is 4.48. The third kappa shape index (κ3) is 5.29. The first-order valence-corrected chi connectivity index (χ1v) is 12.6. The van der Waals surface area contributed by atoms with Gasteiger partial charge in [0.15, 0.2) is 0 Å². The van der Waals surface area contributed by atoms with Gasteiger partial charge in [-0.25, -0.2) is 4.98 Å². The highest BCUT2D eigenvalue weighted by Crippen LogP contribution is 2.45. The normalized spacial score (nSPS) is 19.4. The predicted molar refractivity (Wildman–Crippen MR) is 139 cm³/mol. The van der Waals surface area contributed by atoms with Gasteiger partial charge in [-0.15, -0.1) is 0 Å². The molecule has 0 radical (unpaired) electrons. The SMILES string of the molecule is CC1(C)CC(NC(=O)CC2(O)CC2)c2cc(-c3ccc(Cl)cc3)c(-c3ccc(Cl)cc3Cl)nc2O1. The topological polar surface area (TPSA) is 71.5 Å². The van der Waals surface area contributed by atoms with Crippen molar-refractivity contribution in [2.75, 3.05) is 0 Å². The van der Waals surface area contributed by atoms with Gasteiger partial charge in [-0.2, -0.15) is 0 Å². The maximum absolute atomic E-state index is 12.8. The van der Waals surface area contributed by atoms with E-state index in [1.807, 2.05) is 50.2 Å². The molecule has 1 aliphatic carbocycles. The smallest absolute Gasteiger partial charge is 0.223 e. The highest BCUT2D eigenvalue weighted by Gasteiger charge is 2.43. The number of ether oxygens (including phenoxy) is 1. The number of hydrogen-bond donors (Lipinski definition) is 2. The molecular formula is C27H25Cl3N2O3. The van der Waals surface area contributed by atoms with Crippen LogP contribution >= 0.6 is 34.8 Å². The zero-order valence-corrected chi connectivity index (χ0v) is 21.6. The molecule has 1 unspecified atom stereocenters. The van der Waals surface area contributed by atoms with E-state index in [-0.39, 0.29) is 18.4 Å². The Balaban J connectivity index is 1.64. The Labute approximate surface area is 219 Å². The fourth-order valence-corrected chi connectivity index (χ4v) is 5.10. The molecule has 1 aliphatic heterocycles. The van der Waals surface area contributed by atoms with E-state index >= 15 is 0 Å². The van der Waals surface area contributed by atoms with Crippen LogP contribution < -0.4 is 10.1 Å². The molecule has 2 aromatic carbocycles. The molecule has 2 aliphatic rings. The van der Waals surface area contributed by atoms with Gasteiger partial charge >= 0.3 is 0 Å². The van der Waals surface area contributed by atoms with Crippen molar-refractivity contribution in [1.29, 1.82) is 0 Å². The van der Waals surface area contributed by atoms with Crippen molar-refractivity contribution in [3.8, 4) is 28.3 Å². The largest absolute Gasteiger partial charge is 0.471 e. The number of aliphatic hydroxyl groups is 1. The van der Waals surface area contributed by atoms with Crippen LogP contribution in [-0.4, -0.2) is 27.2 Å². The number of benzene rings is 2. The Kier molecular flexibility index (Phi) is 6.25. The number of carbonyl (C=O) groups is 1. The van der Waals surface area contributed by atoms with E-state index < -0.39 is 11.2 Å². The number of nitrogens with zero attached hydrogens (tertiary/aromatic N) is 1. The molecule has 2 N–H and O–H groups in total.